The second-order valence-corrected chi connectivity index (χ2v) is 15.5. The van der Waals surface area contributed by atoms with Crippen LogP contribution in [-0.4, -0.2) is 76.5 Å². The molecule has 6 rings (SSSR count). The van der Waals surface area contributed by atoms with Crippen molar-refractivity contribution in [3.63, 3.8) is 0 Å². The lowest BCUT2D eigenvalue weighted by Gasteiger charge is -2.38. The van der Waals surface area contributed by atoms with Crippen molar-refractivity contribution in [3.8, 4) is 23.2 Å². The number of thiazole rings is 1. The molecule has 12 nitrogen and oxygen atoms in total. The number of nitrogens with zero attached hydrogens (tertiary/aromatic N) is 6. The molecule has 2 fully saturated rings. The Balaban J connectivity index is 1.49. The molecule has 1 saturated heterocycles. The second-order valence-electron chi connectivity index (χ2n) is 14.5. The highest BCUT2D eigenvalue weighted by atomic mass is 32.1. The number of rotatable bonds is 5. The van der Waals surface area contributed by atoms with Gasteiger partial charge in [0.05, 0.1) is 28.8 Å². The van der Waals surface area contributed by atoms with Gasteiger partial charge in [-0.1, -0.05) is 11.3 Å². The molecule has 0 radical (unpaired) electrons. The van der Waals surface area contributed by atoms with Crippen molar-refractivity contribution < 1.29 is 32.6 Å². The van der Waals surface area contributed by atoms with Gasteiger partial charge in [0.15, 0.2) is 10.9 Å². The van der Waals surface area contributed by atoms with Gasteiger partial charge in [-0.2, -0.15) is 15.2 Å². The van der Waals surface area contributed by atoms with Crippen molar-refractivity contribution in [2.75, 3.05) is 43.5 Å². The molecule has 2 aromatic carbocycles. The number of nitriles is 1. The van der Waals surface area contributed by atoms with E-state index in [9.17, 15) is 14.9 Å². The quantitative estimate of drug-likeness (QED) is 0.221. The summed E-state index contributed by atoms with van der Waals surface area (Å²) >= 11 is 0.893. The Morgan fingerprint density at radius 1 is 0.980 bits per heavy atom. The Hall–Kier alpha value is -4.84. The number of benzene rings is 2. The van der Waals surface area contributed by atoms with Gasteiger partial charge in [-0.3, -0.25) is 5.32 Å². The summed E-state index contributed by atoms with van der Waals surface area (Å²) in [7, 11) is 1.38. The molecule has 1 aliphatic heterocycles. The fraction of sp³-hybridized carbons (Fsp3) is 0.486. The van der Waals surface area contributed by atoms with Crippen LogP contribution >= 0.6 is 11.3 Å². The summed E-state index contributed by atoms with van der Waals surface area (Å²) in [5, 5.41) is 13.5. The zero-order valence-corrected chi connectivity index (χ0v) is 29.9. The Morgan fingerprint density at radius 2 is 1.66 bits per heavy atom. The maximum Gasteiger partial charge on any atom is 0.413 e. The third-order valence-corrected chi connectivity index (χ3v) is 9.59. The zero-order valence-electron chi connectivity index (χ0n) is 29.1. The number of anilines is 2. The predicted octanol–water partition coefficient (Wildman–Crippen LogP) is 7.54. The summed E-state index contributed by atoms with van der Waals surface area (Å²) in [6, 6.07) is 6.77. The Bertz CT molecular complexity index is 2040. The fourth-order valence-corrected chi connectivity index (χ4v) is 7.07. The number of ether oxygens (including phenoxy) is 3. The van der Waals surface area contributed by atoms with Crippen molar-refractivity contribution in [3.05, 3.63) is 35.4 Å². The van der Waals surface area contributed by atoms with Gasteiger partial charge in [-0.15, -0.1) is 0 Å². The lowest BCUT2D eigenvalue weighted by Crippen LogP contribution is -2.50. The third-order valence-electron chi connectivity index (χ3n) is 8.61. The molecule has 2 aliphatic rings. The van der Waals surface area contributed by atoms with Gasteiger partial charge in [0.2, 0.25) is 0 Å². The lowest BCUT2D eigenvalue weighted by atomic mass is 9.63. The van der Waals surface area contributed by atoms with Crippen LogP contribution in [0.2, 0.25) is 0 Å². The van der Waals surface area contributed by atoms with E-state index >= 15 is 8.78 Å². The van der Waals surface area contributed by atoms with Crippen LogP contribution in [0.5, 0.6) is 6.01 Å². The highest BCUT2D eigenvalue weighted by molar-refractivity contribution is 7.22. The van der Waals surface area contributed by atoms with Gasteiger partial charge in [0.1, 0.15) is 28.4 Å². The highest BCUT2D eigenvalue weighted by Gasteiger charge is 2.43. The zero-order chi connectivity index (χ0) is 36.2. The number of hydrogen-bond acceptors (Lipinski definition) is 11. The number of aromatic nitrogens is 3. The molecular weight excluding hydrogens is 668 g/mol. The average molecular weight is 708 g/mol. The van der Waals surface area contributed by atoms with Crippen LogP contribution in [0, 0.1) is 23.0 Å². The molecule has 4 aromatic rings. The number of hydrogen-bond donors (Lipinski definition) is 1. The van der Waals surface area contributed by atoms with Gasteiger partial charge in [0, 0.05) is 42.7 Å². The van der Waals surface area contributed by atoms with Gasteiger partial charge in [0.25, 0.3) is 0 Å². The van der Waals surface area contributed by atoms with E-state index in [-0.39, 0.29) is 38.0 Å². The molecule has 0 bridgehead atoms. The van der Waals surface area contributed by atoms with Crippen molar-refractivity contribution >= 4 is 55.6 Å². The summed E-state index contributed by atoms with van der Waals surface area (Å²) in [4.78, 5) is 42.4. The van der Waals surface area contributed by atoms with Gasteiger partial charge >= 0.3 is 18.2 Å². The van der Waals surface area contributed by atoms with E-state index in [4.69, 9.17) is 14.2 Å². The van der Waals surface area contributed by atoms with E-state index in [1.165, 1.54) is 19.2 Å². The molecule has 15 heteroatoms. The van der Waals surface area contributed by atoms with Crippen LogP contribution in [0.3, 0.4) is 0 Å². The minimum atomic E-state index is -1.02. The Labute approximate surface area is 292 Å². The predicted molar refractivity (Wildman–Crippen MR) is 186 cm³/mol. The number of halogens is 2. The van der Waals surface area contributed by atoms with Crippen molar-refractivity contribution in [1.82, 2.24) is 19.9 Å². The summed E-state index contributed by atoms with van der Waals surface area (Å²) in [5.41, 5.74) is -1.64. The summed E-state index contributed by atoms with van der Waals surface area (Å²) in [5.74, 6) is -0.941. The SMILES string of the molecule is COc1nc(N2CCN(C(=O)OC(C)(C)C)CC2)c2cc(C3(C#N)CCC3)c(-c3ccc(F)c4sc(NC(=O)OC(C)(C)C)nc34)c(F)c2n1. The molecule has 1 aliphatic carbocycles. The van der Waals surface area contributed by atoms with Crippen molar-refractivity contribution in [1.29, 1.82) is 5.26 Å². The first-order valence-corrected chi connectivity index (χ1v) is 17.2. The van der Waals surface area contributed by atoms with Crippen molar-refractivity contribution in [2.24, 2.45) is 0 Å². The minimum Gasteiger partial charge on any atom is -0.467 e. The molecule has 50 heavy (non-hydrogen) atoms. The first-order chi connectivity index (χ1) is 23.5. The second kappa shape index (κ2) is 12.8. The molecule has 0 unspecified atom stereocenters. The van der Waals surface area contributed by atoms with E-state index in [1.54, 1.807) is 31.7 Å². The van der Waals surface area contributed by atoms with E-state index < -0.39 is 40.4 Å². The van der Waals surface area contributed by atoms with Crippen LogP contribution in [0.25, 0.3) is 32.2 Å². The maximum atomic E-state index is 17.3. The van der Waals surface area contributed by atoms with E-state index in [0.29, 0.717) is 55.8 Å². The number of nitrogens with one attached hydrogen (secondary N) is 1. The molecule has 3 heterocycles. The summed E-state index contributed by atoms with van der Waals surface area (Å²) < 4.78 is 49.0. The molecule has 0 atom stereocenters. The Kier molecular flexibility index (Phi) is 8.96. The lowest BCUT2D eigenvalue weighted by molar-refractivity contribution is 0.0240. The number of amides is 2. The first kappa shape index (κ1) is 35.0. The standard InChI is InChI=1S/C35H39F2N7O5S/c1-33(2,3)48-31(45)42-30-40-26-19(9-10-22(36)27(26)50-30)23-21(35(18-38)11-8-12-35)17-20-25(24(23)37)39-29(47-7)41-28(20)43-13-15-44(16-14-43)32(46)49-34(4,5)6/h9-10,17H,8,11-16H2,1-7H3,(H,40,42,45). The highest BCUT2D eigenvalue weighted by Crippen LogP contribution is 2.51. The van der Waals surface area contributed by atoms with Gasteiger partial charge < -0.3 is 24.0 Å². The maximum absolute atomic E-state index is 17.3. The first-order valence-electron chi connectivity index (χ1n) is 16.3. The van der Waals surface area contributed by atoms with E-state index in [2.05, 4.69) is 26.3 Å². The van der Waals surface area contributed by atoms with Crippen LogP contribution in [0.1, 0.15) is 66.4 Å². The number of piperazine rings is 1. The topological polar surface area (TPSA) is 143 Å². The Morgan fingerprint density at radius 3 is 2.24 bits per heavy atom. The largest absolute Gasteiger partial charge is 0.467 e. The van der Waals surface area contributed by atoms with Crippen LogP contribution in [-0.2, 0) is 14.9 Å². The number of methoxy groups -OCH3 is 1. The minimum absolute atomic E-state index is 0.0487. The molecule has 2 aromatic heterocycles. The smallest absolute Gasteiger partial charge is 0.413 e. The number of fused-ring (bicyclic) bond motifs is 2. The van der Waals surface area contributed by atoms with Crippen LogP contribution < -0.4 is 15.0 Å². The number of carbonyl (C=O) groups is 2. The van der Waals surface area contributed by atoms with Gasteiger partial charge in [-0.25, -0.2) is 23.4 Å². The van der Waals surface area contributed by atoms with Crippen molar-refractivity contribution in [2.45, 2.75) is 77.4 Å². The molecule has 264 valence electrons. The molecule has 1 N–H and O–H groups in total. The molecule has 0 spiro atoms. The van der Waals surface area contributed by atoms with Gasteiger partial charge in [-0.05, 0) is 84.6 Å². The summed E-state index contributed by atoms with van der Waals surface area (Å²) in [6.45, 7) is 12.0. The van der Waals surface area contributed by atoms with Crippen LogP contribution in [0.4, 0.5) is 29.3 Å². The third kappa shape index (κ3) is 6.68. The van der Waals surface area contributed by atoms with E-state index in [0.717, 1.165) is 17.8 Å². The fourth-order valence-electron chi connectivity index (χ4n) is 6.18. The molecule has 2 amide bonds. The molecular formula is C35H39F2N7O5S. The molecule has 1 saturated carbocycles. The monoisotopic (exact) mass is 707 g/mol. The van der Waals surface area contributed by atoms with Crippen LogP contribution in [0.15, 0.2) is 18.2 Å². The average Bonchev–Trinajstić information content (AvgIpc) is 3.44. The van der Waals surface area contributed by atoms with E-state index in [1.807, 2.05) is 25.7 Å². The normalized spacial score (nSPS) is 16.2. The summed E-state index contributed by atoms with van der Waals surface area (Å²) in [6.07, 6.45) is 0.574. The number of carbonyl (C=O) groups excluding carboxylic acids is 2.